The lowest BCUT2D eigenvalue weighted by molar-refractivity contribution is 0.669. The number of hydrogen-bond acceptors (Lipinski definition) is 5. The van der Waals surface area contributed by atoms with Crippen molar-refractivity contribution in [2.45, 2.75) is 6.17 Å². The van der Waals surface area contributed by atoms with Crippen LogP contribution < -0.4 is 5.32 Å². The highest BCUT2D eigenvalue weighted by molar-refractivity contribution is 7.26. The van der Waals surface area contributed by atoms with Gasteiger partial charge in [0.2, 0.25) is 0 Å². The molecule has 11 aromatic rings. The van der Waals surface area contributed by atoms with Crippen molar-refractivity contribution in [1.82, 2.24) is 9.88 Å². The van der Waals surface area contributed by atoms with Gasteiger partial charge in [0.15, 0.2) is 5.84 Å². The van der Waals surface area contributed by atoms with Gasteiger partial charge in [-0.3, -0.25) is 0 Å². The third kappa shape index (κ3) is 5.08. The molecule has 57 heavy (non-hydrogen) atoms. The lowest BCUT2D eigenvalue weighted by Crippen LogP contribution is -2.33. The molecule has 0 saturated carbocycles. The lowest BCUT2D eigenvalue weighted by Gasteiger charge is -2.23. The maximum absolute atomic E-state index is 6.55. The third-order valence-corrected chi connectivity index (χ3v) is 12.4. The zero-order valence-electron chi connectivity index (χ0n) is 30.6. The summed E-state index contributed by atoms with van der Waals surface area (Å²) in [5, 5.41) is 10.7. The first-order valence-electron chi connectivity index (χ1n) is 19.2. The van der Waals surface area contributed by atoms with Gasteiger partial charge in [-0.25, -0.2) is 9.98 Å². The molecule has 0 radical (unpaired) electrons. The fourth-order valence-corrected chi connectivity index (χ4v) is 9.85. The summed E-state index contributed by atoms with van der Waals surface area (Å²) in [5.41, 5.74) is 10.7. The molecule has 8 aromatic carbocycles. The van der Waals surface area contributed by atoms with Gasteiger partial charge in [0.1, 0.15) is 23.2 Å². The Morgan fingerprint density at radius 2 is 1.23 bits per heavy atom. The monoisotopic (exact) mass is 748 g/mol. The molecule has 12 rings (SSSR count). The number of furan rings is 1. The molecule has 268 valence electrons. The van der Waals surface area contributed by atoms with Gasteiger partial charge < -0.3 is 14.3 Å². The van der Waals surface area contributed by atoms with Crippen LogP contribution in [-0.4, -0.2) is 16.2 Å². The van der Waals surface area contributed by atoms with Crippen LogP contribution in [0.25, 0.3) is 80.7 Å². The van der Waals surface area contributed by atoms with Crippen molar-refractivity contribution in [3.63, 3.8) is 0 Å². The first-order valence-corrected chi connectivity index (χ1v) is 20.0. The normalized spacial score (nSPS) is 14.5. The smallest absolute Gasteiger partial charge is 0.159 e. The first-order chi connectivity index (χ1) is 28.2. The van der Waals surface area contributed by atoms with E-state index in [9.17, 15) is 0 Å². The van der Waals surface area contributed by atoms with Gasteiger partial charge >= 0.3 is 0 Å². The minimum absolute atomic E-state index is 0.247. The van der Waals surface area contributed by atoms with E-state index in [1.807, 2.05) is 35.6 Å². The van der Waals surface area contributed by atoms with E-state index >= 15 is 0 Å². The number of thiophene rings is 1. The molecule has 0 spiro atoms. The molecule has 1 N–H and O–H groups in total. The van der Waals surface area contributed by atoms with E-state index in [1.54, 1.807) is 0 Å². The van der Waals surface area contributed by atoms with E-state index < -0.39 is 0 Å². The number of para-hydroxylation sites is 2. The van der Waals surface area contributed by atoms with Crippen molar-refractivity contribution in [1.29, 1.82) is 0 Å². The summed E-state index contributed by atoms with van der Waals surface area (Å²) in [6.07, 6.45) is -0.247. The van der Waals surface area contributed by atoms with Crippen LogP contribution in [0.3, 0.4) is 0 Å². The van der Waals surface area contributed by atoms with Gasteiger partial charge in [-0.15, -0.1) is 11.3 Å². The van der Waals surface area contributed by atoms with Crippen LogP contribution in [0.15, 0.2) is 196 Å². The Labute approximate surface area is 331 Å². The molecule has 0 amide bonds. The Morgan fingerprint density at radius 3 is 2.04 bits per heavy atom. The molecule has 0 aliphatic carbocycles. The summed E-state index contributed by atoms with van der Waals surface area (Å²) in [6, 6.07) is 64.4. The number of nitrogens with one attached hydrogen (secondary N) is 1. The van der Waals surface area contributed by atoms with Crippen LogP contribution in [-0.2, 0) is 0 Å². The van der Waals surface area contributed by atoms with E-state index in [1.165, 1.54) is 47.5 Å². The fourth-order valence-electron chi connectivity index (χ4n) is 8.68. The highest BCUT2D eigenvalue weighted by Gasteiger charge is 2.23. The largest absolute Gasteiger partial charge is 0.456 e. The number of aromatic nitrogens is 1. The van der Waals surface area contributed by atoms with E-state index in [4.69, 9.17) is 14.4 Å². The first kappa shape index (κ1) is 32.0. The van der Waals surface area contributed by atoms with Crippen molar-refractivity contribution in [3.05, 3.63) is 199 Å². The van der Waals surface area contributed by atoms with Crippen LogP contribution in [0.1, 0.15) is 22.9 Å². The van der Waals surface area contributed by atoms with Gasteiger partial charge in [0.05, 0.1) is 22.1 Å². The number of benzene rings is 8. The van der Waals surface area contributed by atoms with Crippen LogP contribution >= 0.6 is 11.3 Å². The second-order valence-corrected chi connectivity index (χ2v) is 15.6. The second kappa shape index (κ2) is 12.6. The van der Waals surface area contributed by atoms with Crippen molar-refractivity contribution < 1.29 is 4.42 Å². The number of nitrogens with zero attached hydrogens (tertiary/aromatic N) is 3. The molecular weight excluding hydrogens is 717 g/mol. The number of fused-ring (bicyclic) bond motifs is 9. The van der Waals surface area contributed by atoms with Gasteiger partial charge in [-0.2, -0.15) is 0 Å². The summed E-state index contributed by atoms with van der Waals surface area (Å²) in [4.78, 5) is 10.2. The molecule has 1 aliphatic rings. The molecule has 0 bridgehead atoms. The van der Waals surface area contributed by atoms with Gasteiger partial charge in [0.25, 0.3) is 0 Å². The molecular formula is C51H32N4OS. The quantitative estimate of drug-likeness (QED) is 0.191. The van der Waals surface area contributed by atoms with E-state index in [0.29, 0.717) is 0 Å². The summed E-state index contributed by atoms with van der Waals surface area (Å²) in [5.74, 6) is 1.54. The molecule has 1 aliphatic heterocycles. The lowest BCUT2D eigenvalue weighted by atomic mass is 9.97. The van der Waals surface area contributed by atoms with Gasteiger partial charge in [0, 0.05) is 47.5 Å². The molecule has 4 heterocycles. The van der Waals surface area contributed by atoms with E-state index in [0.717, 1.165) is 61.6 Å². The van der Waals surface area contributed by atoms with E-state index in [-0.39, 0.29) is 6.17 Å². The third-order valence-electron chi connectivity index (χ3n) is 11.3. The Hall–Kier alpha value is -7.28. The molecule has 6 heteroatoms. The highest BCUT2D eigenvalue weighted by Crippen LogP contribution is 2.44. The summed E-state index contributed by atoms with van der Waals surface area (Å²) >= 11 is 1.81. The average molecular weight is 749 g/mol. The Kier molecular flexibility index (Phi) is 7.09. The van der Waals surface area contributed by atoms with E-state index in [2.05, 4.69) is 168 Å². The predicted molar refractivity (Wildman–Crippen MR) is 238 cm³/mol. The molecule has 0 fully saturated rings. The highest BCUT2D eigenvalue weighted by atomic mass is 32.1. The van der Waals surface area contributed by atoms with Crippen molar-refractivity contribution in [3.8, 4) is 16.8 Å². The van der Waals surface area contributed by atoms with Gasteiger partial charge in [-0.1, -0.05) is 133 Å². The fraction of sp³-hybridized carbons (Fsp3) is 0.0196. The average Bonchev–Trinajstić information content (AvgIpc) is 3.96. The summed E-state index contributed by atoms with van der Waals surface area (Å²) in [6.45, 7) is 0. The standard InChI is InChI=1S/C51H32N4OS/c1-3-13-31(14-4-1)49-52-50(32-15-5-2-6-16-32)54-51(53-49)34-25-27-38-46(30-34)57-45-24-11-19-35(47(38)45)33-26-28-43-39(29-33)48-42(22-12-23-44(48)56-43)55-40-20-9-7-17-36(40)37-18-8-10-21-41(37)55/h1-30,49H,(H,52,53,54). The molecule has 5 nitrogen and oxygen atoms in total. The molecule has 0 saturated heterocycles. The molecule has 1 unspecified atom stereocenters. The van der Waals surface area contributed by atoms with Crippen molar-refractivity contribution in [2.75, 3.05) is 0 Å². The molecule has 1 atom stereocenters. The Morgan fingerprint density at radius 1 is 0.509 bits per heavy atom. The summed E-state index contributed by atoms with van der Waals surface area (Å²) in [7, 11) is 0. The minimum Gasteiger partial charge on any atom is -0.456 e. The SMILES string of the molecule is c1ccc(C2=NC(c3ccc4c(c3)sc3cccc(-c5ccc6oc7cccc(-n8c9ccccc9c9ccccc98)c7c6c5)c34)=NC(c3ccccc3)N2)cc1. The second-order valence-electron chi connectivity index (χ2n) is 14.6. The number of aliphatic imine (C=N–C) groups is 2. The topological polar surface area (TPSA) is 54.8 Å². The number of amidine groups is 2. The van der Waals surface area contributed by atoms with Crippen LogP contribution in [0.4, 0.5) is 0 Å². The van der Waals surface area contributed by atoms with Gasteiger partial charge in [-0.05, 0) is 65.2 Å². The maximum Gasteiger partial charge on any atom is 0.159 e. The molecule has 3 aromatic heterocycles. The van der Waals surface area contributed by atoms with Crippen LogP contribution in [0.2, 0.25) is 0 Å². The Bertz CT molecular complexity index is 3390. The zero-order valence-corrected chi connectivity index (χ0v) is 31.4. The van der Waals surface area contributed by atoms with Crippen molar-refractivity contribution in [2.24, 2.45) is 9.98 Å². The number of hydrogen-bond donors (Lipinski definition) is 1. The maximum atomic E-state index is 6.55. The van der Waals surface area contributed by atoms with Crippen LogP contribution in [0.5, 0.6) is 0 Å². The number of rotatable bonds is 5. The van der Waals surface area contributed by atoms with Crippen molar-refractivity contribution >= 4 is 86.9 Å². The minimum atomic E-state index is -0.247. The predicted octanol–water partition coefficient (Wildman–Crippen LogP) is 13.2. The Balaban J connectivity index is 1.01. The summed E-state index contributed by atoms with van der Waals surface area (Å²) < 4.78 is 11.4. The van der Waals surface area contributed by atoms with Crippen LogP contribution in [0, 0.1) is 0 Å². The zero-order chi connectivity index (χ0) is 37.5.